The maximum Gasteiger partial charge on any atom is 0.308 e. The van der Waals surface area contributed by atoms with Crippen LogP contribution in [0.2, 0.25) is 10.0 Å². The van der Waals surface area contributed by atoms with Crippen LogP contribution in [0.4, 0.5) is 0 Å². The molecule has 0 saturated carbocycles. The molecule has 10 heteroatoms. The molecular formula is C17H19Cl2N3O4S. The van der Waals surface area contributed by atoms with Crippen LogP contribution >= 0.6 is 35.4 Å². The lowest BCUT2D eigenvalue weighted by Crippen LogP contribution is -2.60. The third-order valence-corrected chi connectivity index (χ3v) is 4.54. The lowest BCUT2D eigenvalue weighted by atomic mass is 10.1. The maximum atomic E-state index is 12.4. The maximum absolute atomic E-state index is 12.4. The van der Waals surface area contributed by atoms with Crippen molar-refractivity contribution in [3.8, 4) is 0 Å². The fourth-order valence-electron chi connectivity index (χ4n) is 2.52. The fourth-order valence-corrected chi connectivity index (χ4v) is 3.36. The van der Waals surface area contributed by atoms with Crippen molar-refractivity contribution in [2.45, 2.75) is 25.8 Å². The Morgan fingerprint density at radius 2 is 2.00 bits per heavy atom. The number of esters is 1. The van der Waals surface area contributed by atoms with Crippen LogP contribution in [0.5, 0.6) is 0 Å². The number of benzene rings is 1. The molecule has 1 heterocycles. The highest BCUT2D eigenvalue weighted by atomic mass is 35.5. The number of hydrogen-bond donors (Lipinski definition) is 2. The summed E-state index contributed by atoms with van der Waals surface area (Å²) in [5.74, 6) is -1.36. The van der Waals surface area contributed by atoms with Gasteiger partial charge in [0.25, 0.3) is 5.91 Å². The molecule has 1 unspecified atom stereocenters. The Morgan fingerprint density at radius 1 is 1.33 bits per heavy atom. The van der Waals surface area contributed by atoms with Gasteiger partial charge in [0.15, 0.2) is 5.11 Å². The topological polar surface area (TPSA) is 87.7 Å². The Morgan fingerprint density at radius 3 is 2.63 bits per heavy atom. The van der Waals surface area contributed by atoms with E-state index in [1.807, 2.05) is 6.92 Å². The van der Waals surface area contributed by atoms with Gasteiger partial charge in [0.2, 0.25) is 5.91 Å². The molecule has 7 nitrogen and oxygen atoms in total. The van der Waals surface area contributed by atoms with Gasteiger partial charge in [-0.25, -0.2) is 0 Å². The van der Waals surface area contributed by atoms with E-state index in [-0.39, 0.29) is 29.6 Å². The van der Waals surface area contributed by atoms with Crippen LogP contribution < -0.4 is 10.6 Å². The van der Waals surface area contributed by atoms with E-state index in [1.165, 1.54) is 23.1 Å². The van der Waals surface area contributed by atoms with Gasteiger partial charge >= 0.3 is 5.97 Å². The van der Waals surface area contributed by atoms with Crippen molar-refractivity contribution < 1.29 is 19.1 Å². The summed E-state index contributed by atoms with van der Waals surface area (Å²) < 4.78 is 5.04. The predicted molar refractivity (Wildman–Crippen MR) is 106 cm³/mol. The molecule has 1 fully saturated rings. The molecule has 2 N–H and O–H groups in total. The average Bonchev–Trinajstić information content (AvgIpc) is 2.60. The molecule has 1 saturated heterocycles. The first-order valence-corrected chi connectivity index (χ1v) is 9.49. The Kier molecular flexibility index (Phi) is 7.82. The minimum absolute atomic E-state index is 0.0410. The molecule has 1 atom stereocenters. The molecule has 1 aromatic carbocycles. The molecule has 27 heavy (non-hydrogen) atoms. The summed E-state index contributed by atoms with van der Waals surface area (Å²) in [7, 11) is 0. The van der Waals surface area contributed by atoms with E-state index in [0.29, 0.717) is 29.6 Å². The molecule has 1 aliphatic rings. The number of rotatable bonds is 5. The molecule has 0 aromatic heterocycles. The number of amides is 2. The van der Waals surface area contributed by atoms with E-state index < -0.39 is 17.9 Å². The molecular weight excluding hydrogens is 413 g/mol. The SMILES string of the molecule is CCCOC(=O)CC1C(=O)NCCN1C(=S)NC(=O)c1cc(Cl)cc(Cl)c1. The average molecular weight is 432 g/mol. The number of nitrogens with one attached hydrogen (secondary N) is 2. The summed E-state index contributed by atoms with van der Waals surface area (Å²) in [6.45, 7) is 2.86. The van der Waals surface area contributed by atoms with Crippen LogP contribution in [-0.2, 0) is 14.3 Å². The van der Waals surface area contributed by atoms with Crippen molar-refractivity contribution in [1.29, 1.82) is 0 Å². The van der Waals surface area contributed by atoms with Crippen LogP contribution in [0.25, 0.3) is 0 Å². The number of carbonyl (C=O) groups excluding carboxylic acids is 3. The summed E-state index contributed by atoms with van der Waals surface area (Å²) in [6.07, 6.45) is 0.522. The third-order valence-electron chi connectivity index (χ3n) is 3.76. The monoisotopic (exact) mass is 431 g/mol. The van der Waals surface area contributed by atoms with Crippen molar-refractivity contribution in [3.63, 3.8) is 0 Å². The Hall–Kier alpha value is -1.90. The van der Waals surface area contributed by atoms with Crippen molar-refractivity contribution in [1.82, 2.24) is 15.5 Å². The predicted octanol–water partition coefficient (Wildman–Crippen LogP) is 2.15. The van der Waals surface area contributed by atoms with Crippen LogP contribution in [0, 0.1) is 0 Å². The number of nitrogens with zero attached hydrogens (tertiary/aromatic N) is 1. The molecule has 0 radical (unpaired) electrons. The third kappa shape index (κ3) is 6.05. The van der Waals surface area contributed by atoms with Crippen LogP contribution in [0.3, 0.4) is 0 Å². The van der Waals surface area contributed by atoms with Gasteiger partial charge in [0.05, 0.1) is 13.0 Å². The summed E-state index contributed by atoms with van der Waals surface area (Å²) in [4.78, 5) is 38.0. The van der Waals surface area contributed by atoms with Gasteiger partial charge in [-0.3, -0.25) is 19.7 Å². The van der Waals surface area contributed by atoms with Gasteiger partial charge < -0.3 is 15.0 Å². The highest BCUT2D eigenvalue weighted by Crippen LogP contribution is 2.19. The van der Waals surface area contributed by atoms with Crippen LogP contribution in [0.15, 0.2) is 18.2 Å². The summed E-state index contributed by atoms with van der Waals surface area (Å²) >= 11 is 17.1. The Balaban J connectivity index is 2.08. The first-order chi connectivity index (χ1) is 12.8. The first-order valence-electron chi connectivity index (χ1n) is 8.33. The quantitative estimate of drug-likeness (QED) is 0.548. The molecule has 1 aromatic rings. The van der Waals surface area contributed by atoms with Gasteiger partial charge in [0.1, 0.15) is 6.04 Å². The van der Waals surface area contributed by atoms with E-state index >= 15 is 0 Å². The van der Waals surface area contributed by atoms with Gasteiger partial charge in [-0.2, -0.15) is 0 Å². The highest BCUT2D eigenvalue weighted by molar-refractivity contribution is 7.80. The van der Waals surface area contributed by atoms with Crippen molar-refractivity contribution in [2.75, 3.05) is 19.7 Å². The van der Waals surface area contributed by atoms with E-state index in [0.717, 1.165) is 0 Å². The van der Waals surface area contributed by atoms with Crippen molar-refractivity contribution in [2.24, 2.45) is 0 Å². The fraction of sp³-hybridized carbons (Fsp3) is 0.412. The zero-order valence-electron chi connectivity index (χ0n) is 14.6. The molecule has 2 amide bonds. The van der Waals surface area contributed by atoms with Crippen molar-refractivity contribution in [3.05, 3.63) is 33.8 Å². The number of thiocarbonyl (C=S) groups is 1. The zero-order chi connectivity index (χ0) is 20.0. The van der Waals surface area contributed by atoms with Gasteiger partial charge in [0, 0.05) is 28.7 Å². The molecule has 0 spiro atoms. The molecule has 0 aliphatic carbocycles. The Labute approximate surface area is 172 Å². The largest absolute Gasteiger partial charge is 0.466 e. The number of hydrogen-bond acceptors (Lipinski definition) is 5. The normalized spacial score (nSPS) is 16.5. The van der Waals surface area contributed by atoms with E-state index in [2.05, 4.69) is 10.6 Å². The summed E-state index contributed by atoms with van der Waals surface area (Å²) in [5, 5.41) is 5.90. The lowest BCUT2D eigenvalue weighted by Gasteiger charge is -2.36. The Bertz CT molecular complexity index is 739. The molecule has 146 valence electrons. The number of piperazine rings is 1. The van der Waals surface area contributed by atoms with Crippen LogP contribution in [-0.4, -0.2) is 53.5 Å². The highest BCUT2D eigenvalue weighted by Gasteiger charge is 2.34. The lowest BCUT2D eigenvalue weighted by molar-refractivity contribution is -0.147. The van der Waals surface area contributed by atoms with Gasteiger partial charge in [-0.1, -0.05) is 30.1 Å². The van der Waals surface area contributed by atoms with Crippen molar-refractivity contribution >= 4 is 58.3 Å². The van der Waals surface area contributed by atoms with E-state index in [1.54, 1.807) is 0 Å². The van der Waals surface area contributed by atoms with Crippen LogP contribution in [0.1, 0.15) is 30.1 Å². The van der Waals surface area contributed by atoms with Gasteiger partial charge in [-0.05, 0) is 36.8 Å². The number of carbonyl (C=O) groups is 3. The first kappa shape index (κ1) is 21.4. The molecule has 0 bridgehead atoms. The minimum Gasteiger partial charge on any atom is -0.466 e. The zero-order valence-corrected chi connectivity index (χ0v) is 16.9. The van der Waals surface area contributed by atoms with E-state index in [4.69, 9.17) is 40.2 Å². The minimum atomic E-state index is -0.848. The second-order valence-electron chi connectivity index (χ2n) is 5.84. The molecule has 2 rings (SSSR count). The summed E-state index contributed by atoms with van der Waals surface area (Å²) in [6, 6.07) is 3.56. The van der Waals surface area contributed by atoms with E-state index in [9.17, 15) is 14.4 Å². The number of ether oxygens (including phenoxy) is 1. The standard InChI is InChI=1S/C17H19Cl2N3O4S/c1-2-5-26-14(23)9-13-16(25)20-3-4-22(13)17(27)21-15(24)10-6-11(18)8-12(19)7-10/h6-8,13H,2-5,9H2,1H3,(H,20,25)(H,21,24,27). The van der Waals surface area contributed by atoms with Gasteiger partial charge in [-0.15, -0.1) is 0 Å². The smallest absolute Gasteiger partial charge is 0.308 e. The molecule has 1 aliphatic heterocycles. The second kappa shape index (κ2) is 9.87. The number of halogens is 2. The summed E-state index contributed by atoms with van der Waals surface area (Å²) in [5.41, 5.74) is 0.232. The second-order valence-corrected chi connectivity index (χ2v) is 7.10.